The molecule has 0 aliphatic heterocycles. The van der Waals surface area contributed by atoms with E-state index < -0.39 is 0 Å². The normalized spacial score (nSPS) is 12.8. The van der Waals surface area contributed by atoms with Crippen LogP contribution >= 0.6 is 0 Å². The first-order valence-corrected chi connectivity index (χ1v) is 4.38. The number of hydrogen-bond donors (Lipinski definition) is 1. The summed E-state index contributed by atoms with van der Waals surface area (Å²) in [4.78, 5) is 15.2. The Balaban J connectivity index is 2.59. The van der Waals surface area contributed by atoms with Gasteiger partial charge in [-0.1, -0.05) is 6.92 Å². The van der Waals surface area contributed by atoms with E-state index in [1.165, 1.54) is 0 Å². The molecule has 0 saturated carbocycles. The number of hydrogen-bond acceptors (Lipinski definition) is 3. The van der Waals surface area contributed by atoms with Crippen molar-refractivity contribution in [3.05, 3.63) is 18.2 Å². The smallest absolute Gasteiger partial charge is 0.149 e. The third-order valence-electron chi connectivity index (χ3n) is 2.11. The van der Waals surface area contributed by atoms with Crippen LogP contribution in [0.15, 0.2) is 12.5 Å². The van der Waals surface area contributed by atoms with Crippen molar-refractivity contribution in [1.29, 1.82) is 0 Å². The molecule has 13 heavy (non-hydrogen) atoms. The van der Waals surface area contributed by atoms with E-state index >= 15 is 0 Å². The quantitative estimate of drug-likeness (QED) is 0.725. The van der Waals surface area contributed by atoms with Crippen LogP contribution < -0.4 is 5.73 Å². The molecule has 1 unspecified atom stereocenters. The van der Waals surface area contributed by atoms with E-state index in [1.807, 2.05) is 18.5 Å². The number of carbonyl (C=O) groups excluding carboxylic acids is 1. The lowest BCUT2D eigenvalue weighted by molar-refractivity contribution is -0.119. The van der Waals surface area contributed by atoms with Crippen LogP contribution in [0, 0.1) is 0 Å². The molecule has 2 N–H and O–H groups in total. The molecule has 0 aliphatic carbocycles. The zero-order chi connectivity index (χ0) is 9.84. The van der Waals surface area contributed by atoms with Crippen molar-refractivity contribution in [1.82, 2.24) is 9.55 Å². The molecule has 0 aromatic carbocycles. The fourth-order valence-corrected chi connectivity index (χ4v) is 1.18. The second kappa shape index (κ2) is 4.18. The van der Waals surface area contributed by atoms with Crippen LogP contribution in [0.5, 0.6) is 0 Å². The molecule has 4 nitrogen and oxygen atoms in total. The molecule has 1 atom stereocenters. The van der Waals surface area contributed by atoms with Gasteiger partial charge < -0.3 is 10.3 Å². The van der Waals surface area contributed by atoms with E-state index in [4.69, 9.17) is 5.73 Å². The number of aryl methyl sites for hydroxylation is 1. The first-order valence-electron chi connectivity index (χ1n) is 4.38. The topological polar surface area (TPSA) is 60.9 Å². The average Bonchev–Trinajstić information content (AvgIpc) is 2.50. The molecule has 1 heterocycles. The molecule has 1 aromatic heterocycles. The molecule has 0 bridgehead atoms. The van der Waals surface area contributed by atoms with E-state index in [1.54, 1.807) is 12.5 Å². The Bertz CT molecular complexity index is 293. The van der Waals surface area contributed by atoms with Crippen molar-refractivity contribution in [3.63, 3.8) is 0 Å². The number of Topliss-reactive ketones (excluding diaryl/α,β-unsaturated/α-hetero) is 1. The number of nitrogens with zero attached hydrogens (tertiary/aromatic N) is 2. The Hall–Kier alpha value is -1.16. The predicted molar refractivity (Wildman–Crippen MR) is 50.2 cm³/mol. The summed E-state index contributed by atoms with van der Waals surface area (Å²) in [5.74, 6) is 0.0983. The first kappa shape index (κ1) is 9.92. The van der Waals surface area contributed by atoms with Crippen LogP contribution in [0.2, 0.25) is 0 Å². The van der Waals surface area contributed by atoms with Gasteiger partial charge in [0, 0.05) is 31.8 Å². The Labute approximate surface area is 77.8 Å². The first-order chi connectivity index (χ1) is 6.15. The number of carbonyl (C=O) groups is 1. The molecule has 0 spiro atoms. The standard InChI is InChI=1S/C9H15N3O/c1-3-9(13)8(10)4-7-5-11-6-12(7)2/h5-6,8H,3-4,10H2,1-2H3. The molecular formula is C9H15N3O. The van der Waals surface area contributed by atoms with E-state index in [2.05, 4.69) is 4.98 Å². The van der Waals surface area contributed by atoms with Crippen molar-refractivity contribution >= 4 is 5.78 Å². The Morgan fingerprint density at radius 1 is 1.77 bits per heavy atom. The summed E-state index contributed by atoms with van der Waals surface area (Å²) in [6, 6.07) is -0.389. The summed E-state index contributed by atoms with van der Waals surface area (Å²) < 4.78 is 1.88. The fraction of sp³-hybridized carbons (Fsp3) is 0.556. The van der Waals surface area contributed by atoms with Crippen LogP contribution in [0.4, 0.5) is 0 Å². The monoisotopic (exact) mass is 181 g/mol. The highest BCUT2D eigenvalue weighted by atomic mass is 16.1. The second-order valence-corrected chi connectivity index (χ2v) is 3.13. The van der Waals surface area contributed by atoms with Crippen LogP contribution in [0.3, 0.4) is 0 Å². The Morgan fingerprint density at radius 2 is 2.46 bits per heavy atom. The lowest BCUT2D eigenvalue weighted by atomic mass is 10.1. The SMILES string of the molecule is CCC(=O)C(N)Cc1cncn1C. The summed E-state index contributed by atoms with van der Waals surface area (Å²) in [7, 11) is 1.89. The van der Waals surface area contributed by atoms with Gasteiger partial charge in [-0.25, -0.2) is 4.98 Å². The maximum atomic E-state index is 11.2. The zero-order valence-electron chi connectivity index (χ0n) is 8.03. The van der Waals surface area contributed by atoms with Crippen LogP contribution in [0.1, 0.15) is 19.0 Å². The molecule has 0 aliphatic rings. The van der Waals surface area contributed by atoms with Gasteiger partial charge in [-0.15, -0.1) is 0 Å². The molecule has 4 heteroatoms. The number of rotatable bonds is 4. The van der Waals surface area contributed by atoms with Crippen molar-refractivity contribution < 1.29 is 4.79 Å². The minimum absolute atomic E-state index is 0.0983. The molecule has 0 fully saturated rings. The molecule has 0 radical (unpaired) electrons. The maximum Gasteiger partial charge on any atom is 0.149 e. The predicted octanol–water partition coefficient (Wildman–Crippen LogP) is 0.269. The van der Waals surface area contributed by atoms with Crippen molar-refractivity contribution in [2.24, 2.45) is 12.8 Å². The van der Waals surface area contributed by atoms with E-state index in [-0.39, 0.29) is 11.8 Å². The molecule has 1 aromatic rings. The van der Waals surface area contributed by atoms with Gasteiger partial charge in [0.15, 0.2) is 0 Å². The van der Waals surface area contributed by atoms with Gasteiger partial charge in [0.1, 0.15) is 5.78 Å². The van der Waals surface area contributed by atoms with Crippen molar-refractivity contribution in [2.45, 2.75) is 25.8 Å². The molecular weight excluding hydrogens is 166 g/mol. The second-order valence-electron chi connectivity index (χ2n) is 3.13. The molecule has 72 valence electrons. The highest BCUT2D eigenvalue weighted by Crippen LogP contribution is 2.01. The summed E-state index contributed by atoms with van der Waals surface area (Å²) in [5, 5.41) is 0. The van der Waals surface area contributed by atoms with Gasteiger partial charge in [0.05, 0.1) is 12.4 Å². The van der Waals surface area contributed by atoms with E-state index in [9.17, 15) is 4.79 Å². The number of aromatic nitrogens is 2. The average molecular weight is 181 g/mol. The summed E-state index contributed by atoms with van der Waals surface area (Å²) in [6.45, 7) is 1.82. The van der Waals surface area contributed by atoms with Crippen molar-refractivity contribution in [3.8, 4) is 0 Å². The summed E-state index contributed by atoms with van der Waals surface area (Å²) >= 11 is 0. The highest BCUT2D eigenvalue weighted by Gasteiger charge is 2.13. The molecule has 0 saturated heterocycles. The van der Waals surface area contributed by atoms with Gasteiger partial charge in [0.2, 0.25) is 0 Å². The third-order valence-corrected chi connectivity index (χ3v) is 2.11. The number of imidazole rings is 1. The lowest BCUT2D eigenvalue weighted by Crippen LogP contribution is -2.32. The summed E-state index contributed by atoms with van der Waals surface area (Å²) in [6.07, 6.45) is 4.52. The van der Waals surface area contributed by atoms with E-state index in [0.29, 0.717) is 12.8 Å². The summed E-state index contributed by atoms with van der Waals surface area (Å²) in [5.41, 5.74) is 6.69. The van der Waals surface area contributed by atoms with Gasteiger partial charge in [-0.05, 0) is 0 Å². The zero-order valence-corrected chi connectivity index (χ0v) is 8.03. The highest BCUT2D eigenvalue weighted by molar-refractivity contribution is 5.83. The minimum atomic E-state index is -0.389. The third kappa shape index (κ3) is 2.39. The van der Waals surface area contributed by atoms with Crippen LogP contribution in [0.25, 0.3) is 0 Å². The van der Waals surface area contributed by atoms with Gasteiger partial charge in [-0.2, -0.15) is 0 Å². The van der Waals surface area contributed by atoms with E-state index in [0.717, 1.165) is 5.69 Å². The van der Waals surface area contributed by atoms with Crippen molar-refractivity contribution in [2.75, 3.05) is 0 Å². The number of ketones is 1. The Morgan fingerprint density at radius 3 is 2.92 bits per heavy atom. The van der Waals surface area contributed by atoms with Crippen LogP contribution in [-0.2, 0) is 18.3 Å². The fourth-order valence-electron chi connectivity index (χ4n) is 1.18. The van der Waals surface area contributed by atoms with Gasteiger partial charge in [0.25, 0.3) is 0 Å². The lowest BCUT2D eigenvalue weighted by Gasteiger charge is -2.08. The minimum Gasteiger partial charge on any atom is -0.338 e. The molecule has 1 rings (SSSR count). The maximum absolute atomic E-state index is 11.2. The number of nitrogens with two attached hydrogens (primary N) is 1. The molecule has 0 amide bonds. The van der Waals surface area contributed by atoms with Gasteiger partial charge >= 0.3 is 0 Å². The Kier molecular flexibility index (Phi) is 3.19. The largest absolute Gasteiger partial charge is 0.338 e. The van der Waals surface area contributed by atoms with Gasteiger partial charge in [-0.3, -0.25) is 4.79 Å². The van der Waals surface area contributed by atoms with Crippen LogP contribution in [-0.4, -0.2) is 21.4 Å².